The van der Waals surface area contributed by atoms with E-state index in [1.54, 1.807) is 31.2 Å². The molecule has 1 aromatic carbocycles. The molecule has 1 rings (SSSR count). The van der Waals surface area contributed by atoms with Crippen molar-refractivity contribution in [3.8, 4) is 0 Å². The van der Waals surface area contributed by atoms with E-state index in [9.17, 15) is 9.70 Å². The number of Topliss-reactive ketones (excluding diaryl/α,β-unsaturated/α-hetero) is 1. The molecule has 5 heteroatoms. The third-order valence-corrected chi connectivity index (χ3v) is 2.29. The van der Waals surface area contributed by atoms with E-state index in [0.717, 1.165) is 0 Å². The van der Waals surface area contributed by atoms with E-state index in [4.69, 9.17) is 0 Å². The lowest BCUT2D eigenvalue weighted by Gasteiger charge is -2.04. The van der Waals surface area contributed by atoms with Gasteiger partial charge >= 0.3 is 0 Å². The van der Waals surface area contributed by atoms with Crippen LogP contribution in [0.5, 0.6) is 0 Å². The van der Waals surface area contributed by atoms with Crippen LogP contribution in [0.25, 0.3) is 0 Å². The number of para-hydroxylation sites is 1. The Bertz CT molecular complexity index is 441. The van der Waals surface area contributed by atoms with Crippen LogP contribution in [-0.2, 0) is 4.79 Å². The highest BCUT2D eigenvalue weighted by Crippen LogP contribution is 2.23. The Morgan fingerprint density at radius 3 is 2.53 bits per heavy atom. The maximum Gasteiger partial charge on any atom is 0.178 e. The number of hydrogen-bond donors (Lipinski definition) is 1. The van der Waals surface area contributed by atoms with E-state index in [0.29, 0.717) is 24.2 Å². The second-order valence-electron chi connectivity index (χ2n) is 3.41. The monoisotopic (exact) mass is 233 g/mol. The summed E-state index contributed by atoms with van der Waals surface area (Å²) in [5, 5.41) is 6.88. The van der Waals surface area contributed by atoms with Crippen molar-refractivity contribution in [2.45, 2.75) is 26.7 Å². The molecule has 1 N–H and O–H groups in total. The van der Waals surface area contributed by atoms with Crippen LogP contribution in [0.15, 0.2) is 34.5 Å². The van der Waals surface area contributed by atoms with E-state index >= 15 is 0 Å². The summed E-state index contributed by atoms with van der Waals surface area (Å²) in [6, 6.07) is 6.74. The molecular formula is C12H15N3O2. The van der Waals surface area contributed by atoms with Gasteiger partial charge in [0.15, 0.2) is 5.78 Å². The molecule has 0 aliphatic heterocycles. The van der Waals surface area contributed by atoms with Gasteiger partial charge in [-0.15, -0.1) is 4.91 Å². The number of hydrazone groups is 1. The van der Waals surface area contributed by atoms with Gasteiger partial charge in [0, 0.05) is 6.42 Å². The molecule has 0 spiro atoms. The maximum atomic E-state index is 11.5. The van der Waals surface area contributed by atoms with E-state index in [-0.39, 0.29) is 11.5 Å². The minimum Gasteiger partial charge on any atom is -0.293 e. The van der Waals surface area contributed by atoms with Crippen LogP contribution in [0.4, 0.5) is 11.4 Å². The second-order valence-corrected chi connectivity index (χ2v) is 3.41. The highest BCUT2D eigenvalue weighted by molar-refractivity contribution is 6.39. The van der Waals surface area contributed by atoms with Crippen molar-refractivity contribution in [2.75, 3.05) is 5.43 Å². The van der Waals surface area contributed by atoms with Crippen molar-refractivity contribution in [3.05, 3.63) is 29.2 Å². The van der Waals surface area contributed by atoms with Crippen LogP contribution in [0.2, 0.25) is 0 Å². The van der Waals surface area contributed by atoms with Gasteiger partial charge in [0.2, 0.25) is 0 Å². The molecule has 0 amide bonds. The molecule has 0 saturated carbocycles. The lowest BCUT2D eigenvalue weighted by atomic mass is 10.1. The van der Waals surface area contributed by atoms with Gasteiger partial charge < -0.3 is 0 Å². The van der Waals surface area contributed by atoms with Crippen LogP contribution >= 0.6 is 0 Å². The fourth-order valence-corrected chi connectivity index (χ4v) is 1.32. The van der Waals surface area contributed by atoms with Crippen molar-refractivity contribution in [3.63, 3.8) is 0 Å². The summed E-state index contributed by atoms with van der Waals surface area (Å²) in [6.07, 6.45) is 0.971. The highest BCUT2D eigenvalue weighted by Gasteiger charge is 2.07. The van der Waals surface area contributed by atoms with Crippen LogP contribution in [0.3, 0.4) is 0 Å². The van der Waals surface area contributed by atoms with E-state index < -0.39 is 0 Å². The predicted molar refractivity (Wildman–Crippen MR) is 68.5 cm³/mol. The lowest BCUT2D eigenvalue weighted by Crippen LogP contribution is -2.13. The summed E-state index contributed by atoms with van der Waals surface area (Å²) < 4.78 is 0. The van der Waals surface area contributed by atoms with Gasteiger partial charge in [-0.1, -0.05) is 26.0 Å². The first kappa shape index (κ1) is 13.0. The van der Waals surface area contributed by atoms with E-state index in [1.807, 2.05) is 6.92 Å². The van der Waals surface area contributed by atoms with Crippen LogP contribution in [0.1, 0.15) is 26.7 Å². The van der Waals surface area contributed by atoms with Gasteiger partial charge in [-0.3, -0.25) is 10.2 Å². The van der Waals surface area contributed by atoms with Crippen molar-refractivity contribution in [2.24, 2.45) is 10.3 Å². The first-order valence-electron chi connectivity index (χ1n) is 5.51. The van der Waals surface area contributed by atoms with Gasteiger partial charge in [-0.05, 0) is 23.7 Å². The molecule has 0 heterocycles. The van der Waals surface area contributed by atoms with E-state index in [1.165, 1.54) is 0 Å². The standard InChI is InChI=1S/C12H15N3O2/c1-3-9(12(16)4-2)13-14-10-7-5-6-8-11(10)15-17/h5-8,14H,3-4H2,1-2H3/b13-9+. The van der Waals surface area contributed by atoms with Crippen molar-refractivity contribution in [1.29, 1.82) is 0 Å². The summed E-state index contributed by atoms with van der Waals surface area (Å²) in [5.74, 6) is -0.00320. The number of nitroso groups, excluding NO2 is 1. The number of anilines is 1. The fourth-order valence-electron chi connectivity index (χ4n) is 1.32. The smallest absolute Gasteiger partial charge is 0.178 e. The number of hydrogen-bond acceptors (Lipinski definition) is 5. The Labute approximate surface area is 99.9 Å². The second kappa shape index (κ2) is 6.52. The first-order chi connectivity index (χ1) is 8.22. The van der Waals surface area contributed by atoms with E-state index in [2.05, 4.69) is 15.7 Å². The number of carbonyl (C=O) groups is 1. The molecule has 0 radical (unpaired) electrons. The van der Waals surface area contributed by atoms with Crippen LogP contribution < -0.4 is 5.43 Å². The topological polar surface area (TPSA) is 70.9 Å². The molecular weight excluding hydrogens is 218 g/mol. The van der Waals surface area contributed by atoms with Gasteiger partial charge in [-0.2, -0.15) is 5.10 Å². The lowest BCUT2D eigenvalue weighted by molar-refractivity contribution is -0.112. The van der Waals surface area contributed by atoms with Crippen molar-refractivity contribution in [1.82, 2.24) is 0 Å². The zero-order valence-electron chi connectivity index (χ0n) is 9.93. The summed E-state index contributed by atoms with van der Waals surface area (Å²) in [6.45, 7) is 3.65. The number of rotatable bonds is 6. The highest BCUT2D eigenvalue weighted by atomic mass is 16.3. The molecule has 0 aromatic heterocycles. The quantitative estimate of drug-likeness (QED) is 0.465. The third kappa shape index (κ3) is 3.48. The van der Waals surface area contributed by atoms with Gasteiger partial charge in [-0.25, -0.2) is 0 Å². The van der Waals surface area contributed by atoms with Gasteiger partial charge in [0.1, 0.15) is 11.4 Å². The summed E-state index contributed by atoms with van der Waals surface area (Å²) in [4.78, 5) is 22.0. The molecule has 0 aliphatic carbocycles. The molecule has 0 aliphatic rings. The molecule has 0 saturated heterocycles. The molecule has 5 nitrogen and oxygen atoms in total. The Morgan fingerprint density at radius 1 is 1.24 bits per heavy atom. The Morgan fingerprint density at radius 2 is 1.94 bits per heavy atom. The Hall–Kier alpha value is -2.04. The number of carbonyl (C=O) groups excluding carboxylic acids is 1. The number of benzene rings is 1. The largest absolute Gasteiger partial charge is 0.293 e. The average molecular weight is 233 g/mol. The fraction of sp³-hybridized carbons (Fsp3) is 0.333. The summed E-state index contributed by atoms with van der Waals surface area (Å²) in [5.41, 5.74) is 3.94. The number of nitrogens with one attached hydrogen (secondary N) is 1. The zero-order chi connectivity index (χ0) is 12.7. The molecule has 17 heavy (non-hydrogen) atoms. The Kier molecular flexibility index (Phi) is 5.00. The summed E-state index contributed by atoms with van der Waals surface area (Å²) >= 11 is 0. The summed E-state index contributed by atoms with van der Waals surface area (Å²) in [7, 11) is 0. The first-order valence-corrected chi connectivity index (χ1v) is 5.51. The van der Waals surface area contributed by atoms with Gasteiger partial charge in [0.25, 0.3) is 0 Å². The number of ketones is 1. The van der Waals surface area contributed by atoms with Crippen LogP contribution in [-0.4, -0.2) is 11.5 Å². The predicted octanol–water partition coefficient (Wildman–Crippen LogP) is 3.24. The normalized spacial score (nSPS) is 11.1. The molecule has 1 aromatic rings. The third-order valence-electron chi connectivity index (χ3n) is 2.29. The minimum atomic E-state index is -0.00320. The van der Waals surface area contributed by atoms with Crippen molar-refractivity contribution < 1.29 is 4.79 Å². The molecule has 0 fully saturated rings. The van der Waals surface area contributed by atoms with Gasteiger partial charge in [0.05, 0.1) is 5.69 Å². The SMILES string of the molecule is CCC(=O)/C(CC)=N/Nc1ccccc1N=O. The van der Waals surface area contributed by atoms with Crippen LogP contribution in [0, 0.1) is 4.91 Å². The Balaban J connectivity index is 2.87. The zero-order valence-corrected chi connectivity index (χ0v) is 9.93. The number of nitrogens with zero attached hydrogens (tertiary/aromatic N) is 2. The average Bonchev–Trinajstić information content (AvgIpc) is 2.39. The molecule has 0 atom stereocenters. The minimum absolute atomic E-state index is 0.00320. The van der Waals surface area contributed by atoms with Crippen molar-refractivity contribution >= 4 is 22.9 Å². The molecule has 90 valence electrons. The maximum absolute atomic E-state index is 11.5. The molecule has 0 bridgehead atoms. The molecule has 0 unspecified atom stereocenters.